The van der Waals surface area contributed by atoms with Crippen molar-refractivity contribution in [1.82, 2.24) is 44.4 Å². The highest BCUT2D eigenvalue weighted by Crippen LogP contribution is 2.34. The first-order valence-electron chi connectivity index (χ1n) is 12.5. The van der Waals surface area contributed by atoms with Crippen LogP contribution in [0.25, 0.3) is 22.3 Å². The highest BCUT2D eigenvalue weighted by atomic mass is 16.6. The number of aliphatic hydroxyl groups is 5. The molecule has 216 valence electrons. The largest absolute Gasteiger partial charge is 0.394 e. The molecule has 41 heavy (non-hydrogen) atoms. The number of hydrogen-bond acceptors (Lipinski definition) is 16. The topological polar surface area (TPSA) is 271 Å². The number of imidazole rings is 2. The molecule has 2 aliphatic rings. The van der Waals surface area contributed by atoms with Gasteiger partial charge in [0.2, 0.25) is 0 Å². The van der Waals surface area contributed by atoms with Crippen LogP contribution in [0.5, 0.6) is 0 Å². The number of ether oxygens (including phenoxy) is 2. The van der Waals surface area contributed by atoms with Crippen molar-refractivity contribution >= 4 is 34.0 Å². The lowest BCUT2D eigenvalue weighted by atomic mass is 10.1. The number of rotatable bonds is 6. The molecule has 18 nitrogen and oxygen atoms in total. The van der Waals surface area contributed by atoms with Gasteiger partial charge in [-0.15, -0.1) is 0 Å². The van der Waals surface area contributed by atoms with Crippen LogP contribution in [-0.2, 0) is 9.47 Å². The van der Waals surface area contributed by atoms with Gasteiger partial charge in [0.1, 0.15) is 54.8 Å². The quantitative estimate of drug-likeness (QED) is 0.0811. The van der Waals surface area contributed by atoms with Gasteiger partial charge in [-0.25, -0.2) is 29.9 Å². The number of aromatic nitrogens is 8. The Morgan fingerprint density at radius 1 is 0.829 bits per heavy atom. The highest BCUT2D eigenvalue weighted by Gasteiger charge is 2.45. The summed E-state index contributed by atoms with van der Waals surface area (Å²) in [5, 5.41) is 54.6. The Labute approximate surface area is 230 Å². The van der Waals surface area contributed by atoms with Crippen molar-refractivity contribution < 1.29 is 35.0 Å². The molecule has 4 aromatic rings. The first-order chi connectivity index (χ1) is 19.8. The highest BCUT2D eigenvalue weighted by molar-refractivity contribution is 5.82. The number of anilines is 2. The van der Waals surface area contributed by atoms with E-state index in [1.165, 1.54) is 28.1 Å². The predicted molar refractivity (Wildman–Crippen MR) is 138 cm³/mol. The van der Waals surface area contributed by atoms with Crippen molar-refractivity contribution in [2.24, 2.45) is 0 Å². The maximum atomic E-state index is 10.6. The third-order valence-electron chi connectivity index (χ3n) is 7.03. The number of nitrogens with one attached hydrogen (secondary N) is 1. The van der Waals surface area contributed by atoms with Crippen molar-refractivity contribution in [3.63, 3.8) is 0 Å². The lowest BCUT2D eigenvalue weighted by Gasteiger charge is -2.17. The molecule has 10 N–H and O–H groups in total. The molecule has 0 amide bonds. The van der Waals surface area contributed by atoms with Gasteiger partial charge >= 0.3 is 0 Å². The van der Waals surface area contributed by atoms with Crippen LogP contribution in [-0.4, -0.2) is 121 Å². The fourth-order valence-electron chi connectivity index (χ4n) is 4.93. The minimum absolute atomic E-state index is 0.0852. The molecule has 0 radical (unpaired) electrons. The summed E-state index contributed by atoms with van der Waals surface area (Å²) in [6.45, 7) is -0.255. The van der Waals surface area contributed by atoms with E-state index in [-0.39, 0.29) is 41.7 Å². The fourth-order valence-corrected chi connectivity index (χ4v) is 4.93. The number of hydrogen-bond donors (Lipinski definition) is 8. The summed E-state index contributed by atoms with van der Waals surface area (Å²) in [6, 6.07) is 0. The molecule has 2 unspecified atom stereocenters. The second kappa shape index (κ2) is 10.7. The van der Waals surface area contributed by atoms with E-state index in [0.29, 0.717) is 11.2 Å². The molecule has 0 saturated carbocycles. The van der Waals surface area contributed by atoms with Crippen molar-refractivity contribution in [3.05, 3.63) is 24.8 Å². The minimum atomic E-state index is -1.39. The standard InChI is InChI=1S/C23H27N11O7/c24-18-12-20(29-6-27-18)33(8-31-12)22-16(38)14(36)9(40-22)4-26-3-1-2-11-32-13-19(25)28-7-30-21(13)34(11)23-17(39)15(37)10(5-35)41-23/h6-10,14-17,22-23,26,35-39H,3-5H2,(H2,24,27,29)(H2,25,28,30)/t9-,10-,14?,15?,16+,17+,22-,23-/m1/s1. The number of aliphatic hydroxyl groups excluding tert-OH is 5. The Morgan fingerprint density at radius 2 is 1.49 bits per heavy atom. The first kappa shape index (κ1) is 27.1. The van der Waals surface area contributed by atoms with Gasteiger partial charge < -0.3 is 51.8 Å². The molecule has 0 aliphatic carbocycles. The summed E-state index contributed by atoms with van der Waals surface area (Å²) in [6.07, 6.45) is -5.20. The van der Waals surface area contributed by atoms with E-state index in [1.807, 2.05) is 0 Å². The second-order valence-corrected chi connectivity index (χ2v) is 9.53. The average Bonchev–Trinajstić information content (AvgIpc) is 3.70. The Hall–Kier alpha value is -4.06. The van der Waals surface area contributed by atoms with Gasteiger partial charge in [-0.05, 0) is 5.92 Å². The number of nitrogens with two attached hydrogens (primary N) is 2. The van der Waals surface area contributed by atoms with Gasteiger partial charge in [0.25, 0.3) is 0 Å². The molecular weight excluding hydrogens is 542 g/mol. The zero-order chi connectivity index (χ0) is 28.8. The molecule has 6 rings (SSSR count). The maximum Gasteiger partial charge on any atom is 0.190 e. The molecule has 6 heterocycles. The van der Waals surface area contributed by atoms with E-state index in [4.69, 9.17) is 20.9 Å². The van der Waals surface area contributed by atoms with Crippen LogP contribution in [0.1, 0.15) is 18.3 Å². The molecule has 4 aromatic heterocycles. The summed E-state index contributed by atoms with van der Waals surface area (Å²) in [7, 11) is 0. The zero-order valence-electron chi connectivity index (χ0n) is 21.3. The minimum Gasteiger partial charge on any atom is -0.394 e. The van der Waals surface area contributed by atoms with Crippen molar-refractivity contribution in [1.29, 1.82) is 0 Å². The third kappa shape index (κ3) is 4.59. The Kier molecular flexibility index (Phi) is 7.10. The van der Waals surface area contributed by atoms with Gasteiger partial charge in [-0.3, -0.25) is 9.13 Å². The summed E-state index contributed by atoms with van der Waals surface area (Å²) in [5.41, 5.74) is 12.9. The van der Waals surface area contributed by atoms with Crippen LogP contribution in [0.15, 0.2) is 19.0 Å². The molecule has 0 bridgehead atoms. The second-order valence-electron chi connectivity index (χ2n) is 9.53. The van der Waals surface area contributed by atoms with E-state index in [9.17, 15) is 25.5 Å². The molecular formula is C23H27N11O7. The number of fused-ring (bicyclic) bond motifs is 2. The summed E-state index contributed by atoms with van der Waals surface area (Å²) in [5.74, 6) is 6.15. The van der Waals surface area contributed by atoms with E-state index in [0.717, 1.165) is 0 Å². The van der Waals surface area contributed by atoms with E-state index in [1.54, 1.807) is 0 Å². The molecule has 0 aromatic carbocycles. The predicted octanol–water partition coefficient (Wildman–Crippen LogP) is -4.00. The van der Waals surface area contributed by atoms with Crippen LogP contribution >= 0.6 is 0 Å². The van der Waals surface area contributed by atoms with Crippen LogP contribution in [0.2, 0.25) is 0 Å². The Morgan fingerprint density at radius 3 is 2.22 bits per heavy atom. The maximum absolute atomic E-state index is 10.6. The zero-order valence-corrected chi connectivity index (χ0v) is 21.3. The molecule has 18 heteroatoms. The Balaban J connectivity index is 1.16. The van der Waals surface area contributed by atoms with E-state index < -0.39 is 55.7 Å². The van der Waals surface area contributed by atoms with E-state index >= 15 is 0 Å². The molecule has 0 spiro atoms. The molecule has 2 saturated heterocycles. The van der Waals surface area contributed by atoms with Crippen LogP contribution < -0.4 is 16.8 Å². The van der Waals surface area contributed by atoms with Crippen LogP contribution in [0, 0.1) is 11.8 Å². The lowest BCUT2D eigenvalue weighted by Crippen LogP contribution is -2.37. The van der Waals surface area contributed by atoms with Gasteiger partial charge in [-0.2, -0.15) is 0 Å². The van der Waals surface area contributed by atoms with Gasteiger partial charge in [0.15, 0.2) is 46.7 Å². The number of nitrogen functional groups attached to an aromatic ring is 2. The van der Waals surface area contributed by atoms with Crippen molar-refractivity contribution in [2.45, 2.75) is 49.1 Å². The Bertz CT molecular complexity index is 1630. The summed E-state index contributed by atoms with van der Waals surface area (Å²) in [4.78, 5) is 24.7. The smallest absolute Gasteiger partial charge is 0.190 e. The van der Waals surface area contributed by atoms with Crippen molar-refractivity contribution in [3.8, 4) is 11.8 Å². The van der Waals surface area contributed by atoms with Gasteiger partial charge in [0.05, 0.1) is 19.5 Å². The average molecular weight is 570 g/mol. The summed E-state index contributed by atoms with van der Waals surface area (Å²) < 4.78 is 14.4. The monoisotopic (exact) mass is 569 g/mol. The summed E-state index contributed by atoms with van der Waals surface area (Å²) >= 11 is 0. The van der Waals surface area contributed by atoms with Gasteiger partial charge in [-0.1, -0.05) is 5.92 Å². The van der Waals surface area contributed by atoms with E-state index in [2.05, 4.69) is 47.1 Å². The van der Waals surface area contributed by atoms with Crippen molar-refractivity contribution in [2.75, 3.05) is 31.2 Å². The number of nitrogens with zero attached hydrogens (tertiary/aromatic N) is 8. The third-order valence-corrected chi connectivity index (χ3v) is 7.03. The molecule has 8 atom stereocenters. The fraction of sp³-hybridized carbons (Fsp3) is 0.478. The first-order valence-corrected chi connectivity index (χ1v) is 12.5. The van der Waals surface area contributed by atoms with Crippen LogP contribution in [0.3, 0.4) is 0 Å². The molecule has 2 aliphatic heterocycles. The van der Waals surface area contributed by atoms with Gasteiger partial charge in [0, 0.05) is 6.54 Å². The van der Waals surface area contributed by atoms with Crippen LogP contribution in [0.4, 0.5) is 11.6 Å². The lowest BCUT2D eigenvalue weighted by molar-refractivity contribution is -0.0514. The SMILES string of the molecule is Nc1ncnc2c1ncn2[C@@H]1O[C@H](CNCC#Cc2nc3c(N)ncnc3n2[C@@H]2O[C@H](CO)C(O)[C@@H]2O)C(O)[C@@H]1O. The normalized spacial score (nSPS) is 29.8. The molecule has 2 fully saturated rings.